The van der Waals surface area contributed by atoms with Crippen molar-refractivity contribution in [1.82, 2.24) is 9.62 Å². The van der Waals surface area contributed by atoms with E-state index in [1.54, 1.807) is 30.3 Å². The third kappa shape index (κ3) is 6.21. The van der Waals surface area contributed by atoms with Gasteiger partial charge < -0.3 is 15.4 Å². The zero-order chi connectivity index (χ0) is 23.3. The molecule has 0 spiro atoms. The summed E-state index contributed by atoms with van der Waals surface area (Å²) in [4.78, 5) is 23.5. The molecule has 1 aliphatic rings. The number of aryl methyl sites for hydroxylation is 1. The van der Waals surface area contributed by atoms with E-state index in [1.807, 2.05) is 6.92 Å². The molecule has 2 N–H and O–H groups in total. The van der Waals surface area contributed by atoms with E-state index in [0.29, 0.717) is 42.4 Å². The average Bonchev–Trinajstić information content (AvgIpc) is 2.73. The van der Waals surface area contributed by atoms with Crippen molar-refractivity contribution in [3.05, 3.63) is 53.1 Å². The number of hydrogen-bond acceptors (Lipinski definition) is 5. The van der Waals surface area contributed by atoms with Crippen LogP contribution in [0.15, 0.2) is 47.4 Å². The maximum atomic E-state index is 12.9. The van der Waals surface area contributed by atoms with E-state index in [1.165, 1.54) is 23.4 Å². The fourth-order valence-corrected chi connectivity index (χ4v) is 5.19. The molecule has 0 radical (unpaired) electrons. The Kier molecular flexibility index (Phi) is 7.76. The van der Waals surface area contributed by atoms with Gasteiger partial charge in [-0.25, -0.2) is 8.42 Å². The number of halogens is 1. The highest BCUT2D eigenvalue weighted by molar-refractivity contribution is 7.89. The molecule has 0 unspecified atom stereocenters. The van der Waals surface area contributed by atoms with E-state index in [4.69, 9.17) is 16.3 Å². The van der Waals surface area contributed by atoms with Crippen molar-refractivity contribution < 1.29 is 22.7 Å². The van der Waals surface area contributed by atoms with Gasteiger partial charge in [0.05, 0.1) is 4.90 Å². The highest BCUT2D eigenvalue weighted by Crippen LogP contribution is 2.23. The summed E-state index contributed by atoms with van der Waals surface area (Å²) in [5.74, 6) is 0.114. The van der Waals surface area contributed by atoms with Crippen LogP contribution >= 0.6 is 11.6 Å². The van der Waals surface area contributed by atoms with Crippen molar-refractivity contribution >= 4 is 39.1 Å². The van der Waals surface area contributed by atoms with Crippen molar-refractivity contribution in [3.8, 4) is 5.75 Å². The Morgan fingerprint density at radius 3 is 2.38 bits per heavy atom. The molecule has 1 fully saturated rings. The molecule has 1 saturated heterocycles. The highest BCUT2D eigenvalue weighted by atomic mass is 35.5. The fourth-order valence-electron chi connectivity index (χ4n) is 3.49. The van der Waals surface area contributed by atoms with E-state index < -0.39 is 10.0 Å². The summed E-state index contributed by atoms with van der Waals surface area (Å²) in [5.41, 5.74) is 1.38. The molecular formula is C22H26ClN3O5S. The minimum absolute atomic E-state index is 0.119. The second-order valence-electron chi connectivity index (χ2n) is 7.65. The molecule has 3 rings (SSSR count). The number of nitrogens with one attached hydrogen (secondary N) is 2. The number of amides is 2. The number of sulfonamides is 1. The van der Waals surface area contributed by atoms with Crippen LogP contribution in [0.5, 0.6) is 5.75 Å². The van der Waals surface area contributed by atoms with E-state index in [9.17, 15) is 18.0 Å². The topological polar surface area (TPSA) is 105 Å². The smallest absolute Gasteiger partial charge is 0.258 e. The van der Waals surface area contributed by atoms with E-state index in [0.717, 1.165) is 5.56 Å². The third-order valence-electron chi connectivity index (χ3n) is 5.13. The molecule has 1 aliphatic heterocycles. The first-order valence-electron chi connectivity index (χ1n) is 10.2. The average molecular weight is 480 g/mol. The molecule has 0 saturated carbocycles. The van der Waals surface area contributed by atoms with Crippen molar-refractivity contribution in [2.75, 3.05) is 25.0 Å². The predicted octanol–water partition coefficient (Wildman–Crippen LogP) is 2.96. The van der Waals surface area contributed by atoms with Crippen LogP contribution < -0.4 is 15.4 Å². The number of hydrogen-bond donors (Lipinski definition) is 2. The zero-order valence-corrected chi connectivity index (χ0v) is 19.5. The van der Waals surface area contributed by atoms with Gasteiger partial charge in [0.2, 0.25) is 15.9 Å². The van der Waals surface area contributed by atoms with Crippen LogP contribution in [0.1, 0.15) is 25.3 Å². The minimum Gasteiger partial charge on any atom is -0.484 e. The van der Waals surface area contributed by atoms with Crippen LogP contribution in [-0.2, 0) is 19.6 Å². The second-order valence-corrected chi connectivity index (χ2v) is 10.0. The fraction of sp³-hybridized carbons (Fsp3) is 0.364. The lowest BCUT2D eigenvalue weighted by molar-refractivity contribution is -0.124. The largest absolute Gasteiger partial charge is 0.484 e. The Labute approximate surface area is 192 Å². The Bertz CT molecular complexity index is 1080. The Morgan fingerprint density at radius 1 is 1.12 bits per heavy atom. The SMILES string of the molecule is CC(=O)Nc1ccc(S(=O)(=O)N2CCC(NC(=O)COc3ccc(Cl)cc3C)CC2)cc1. The van der Waals surface area contributed by atoms with Gasteiger partial charge in [0.25, 0.3) is 5.91 Å². The Hall–Kier alpha value is -2.62. The van der Waals surface area contributed by atoms with Crippen molar-refractivity contribution in [3.63, 3.8) is 0 Å². The molecule has 2 aromatic rings. The highest BCUT2D eigenvalue weighted by Gasteiger charge is 2.30. The zero-order valence-electron chi connectivity index (χ0n) is 17.9. The molecule has 32 heavy (non-hydrogen) atoms. The summed E-state index contributed by atoms with van der Waals surface area (Å²) >= 11 is 5.92. The van der Waals surface area contributed by atoms with Gasteiger partial charge in [-0.15, -0.1) is 0 Å². The van der Waals surface area contributed by atoms with Crippen LogP contribution in [-0.4, -0.2) is 50.3 Å². The van der Waals surface area contributed by atoms with Crippen LogP contribution in [0.3, 0.4) is 0 Å². The molecule has 1 heterocycles. The number of piperidine rings is 1. The molecule has 0 aliphatic carbocycles. The first kappa shape index (κ1) is 24.0. The minimum atomic E-state index is -3.64. The predicted molar refractivity (Wildman–Crippen MR) is 122 cm³/mol. The Morgan fingerprint density at radius 2 is 1.78 bits per heavy atom. The molecule has 172 valence electrons. The third-order valence-corrected chi connectivity index (χ3v) is 7.28. The molecule has 10 heteroatoms. The van der Waals surface area contributed by atoms with Crippen molar-refractivity contribution in [2.45, 2.75) is 37.6 Å². The summed E-state index contributed by atoms with van der Waals surface area (Å²) in [6.45, 7) is 3.72. The summed E-state index contributed by atoms with van der Waals surface area (Å²) in [6.07, 6.45) is 1.02. The number of carbonyl (C=O) groups excluding carboxylic acids is 2. The lowest BCUT2D eigenvalue weighted by Crippen LogP contribution is -2.47. The quantitative estimate of drug-likeness (QED) is 0.635. The molecule has 8 nitrogen and oxygen atoms in total. The summed E-state index contributed by atoms with van der Waals surface area (Å²) < 4.78 is 32.7. The van der Waals surface area contributed by atoms with Crippen molar-refractivity contribution in [1.29, 1.82) is 0 Å². The number of nitrogens with zero attached hydrogens (tertiary/aromatic N) is 1. The van der Waals surface area contributed by atoms with Gasteiger partial charge in [0.1, 0.15) is 5.75 Å². The standard InChI is InChI=1S/C22H26ClN3O5S/c1-15-13-17(23)3-8-21(15)31-14-22(28)25-19-9-11-26(12-10-19)32(29,30)20-6-4-18(5-7-20)24-16(2)27/h3-8,13,19H,9-12,14H2,1-2H3,(H,24,27)(H,25,28). The lowest BCUT2D eigenvalue weighted by atomic mass is 10.1. The number of rotatable bonds is 7. The number of carbonyl (C=O) groups is 2. The van der Waals surface area contributed by atoms with Gasteiger partial charge >= 0.3 is 0 Å². The lowest BCUT2D eigenvalue weighted by Gasteiger charge is -2.31. The Balaban J connectivity index is 1.49. The first-order chi connectivity index (χ1) is 15.1. The monoisotopic (exact) mass is 479 g/mol. The maximum absolute atomic E-state index is 12.9. The number of benzene rings is 2. The van der Waals surface area contributed by atoms with Crippen LogP contribution in [0.2, 0.25) is 5.02 Å². The molecule has 0 bridgehead atoms. The van der Waals surface area contributed by atoms with E-state index in [2.05, 4.69) is 10.6 Å². The summed E-state index contributed by atoms with van der Waals surface area (Å²) in [6, 6.07) is 11.1. The van der Waals surface area contributed by atoms with E-state index >= 15 is 0 Å². The van der Waals surface area contributed by atoms with Gasteiger partial charge in [-0.3, -0.25) is 9.59 Å². The first-order valence-corrected chi connectivity index (χ1v) is 12.0. The van der Waals surface area contributed by atoms with Crippen LogP contribution in [0, 0.1) is 6.92 Å². The van der Waals surface area contributed by atoms with Gasteiger partial charge in [0, 0.05) is 36.8 Å². The van der Waals surface area contributed by atoms with E-state index in [-0.39, 0.29) is 29.4 Å². The number of anilines is 1. The summed E-state index contributed by atoms with van der Waals surface area (Å²) in [7, 11) is -3.64. The van der Waals surface area contributed by atoms with Crippen molar-refractivity contribution in [2.24, 2.45) is 0 Å². The molecular weight excluding hydrogens is 454 g/mol. The van der Waals surface area contributed by atoms with Gasteiger partial charge in [-0.05, 0) is 67.8 Å². The van der Waals surface area contributed by atoms with Gasteiger partial charge in [-0.2, -0.15) is 4.31 Å². The van der Waals surface area contributed by atoms with Crippen LogP contribution in [0.25, 0.3) is 0 Å². The second kappa shape index (κ2) is 10.3. The molecule has 2 aromatic carbocycles. The maximum Gasteiger partial charge on any atom is 0.258 e. The normalized spacial score (nSPS) is 15.2. The van der Waals surface area contributed by atoms with Gasteiger partial charge in [0.15, 0.2) is 6.61 Å². The molecule has 0 aromatic heterocycles. The molecule has 0 atom stereocenters. The number of ether oxygens (including phenoxy) is 1. The van der Waals surface area contributed by atoms with Crippen LogP contribution in [0.4, 0.5) is 5.69 Å². The summed E-state index contributed by atoms with van der Waals surface area (Å²) in [5, 5.41) is 6.12. The molecule has 2 amide bonds. The van der Waals surface area contributed by atoms with Gasteiger partial charge in [-0.1, -0.05) is 11.6 Å².